The van der Waals surface area contributed by atoms with Crippen molar-refractivity contribution in [2.75, 3.05) is 5.32 Å². The van der Waals surface area contributed by atoms with Gasteiger partial charge in [0.25, 0.3) is 5.78 Å². The van der Waals surface area contributed by atoms with Crippen molar-refractivity contribution in [3.8, 4) is 0 Å². The number of benzene rings is 2. The fourth-order valence-corrected chi connectivity index (χ4v) is 3.09. The van der Waals surface area contributed by atoms with Gasteiger partial charge in [-0.2, -0.15) is 13.2 Å². The SMILES string of the molecule is Cc1ccc(NC(=O)Cn2cc(C(=O)C(F)(F)F)c3cc(Br)ccc32)cc1. The van der Waals surface area contributed by atoms with Crippen molar-refractivity contribution < 1.29 is 22.8 Å². The minimum absolute atomic E-state index is 0.134. The van der Waals surface area contributed by atoms with Gasteiger partial charge in [0, 0.05) is 27.3 Å². The van der Waals surface area contributed by atoms with Crippen LogP contribution in [0.4, 0.5) is 18.9 Å². The van der Waals surface area contributed by atoms with Gasteiger partial charge in [-0.25, -0.2) is 0 Å². The Hall–Kier alpha value is -2.61. The van der Waals surface area contributed by atoms with Crippen LogP contribution in [0.5, 0.6) is 0 Å². The molecule has 0 saturated heterocycles. The average molecular weight is 439 g/mol. The highest BCUT2D eigenvalue weighted by Gasteiger charge is 2.40. The molecule has 0 bridgehead atoms. The standard InChI is InChI=1S/C19H14BrF3N2O2/c1-11-2-5-13(6-3-11)24-17(26)10-25-9-15(18(27)19(21,22)23)14-8-12(20)4-7-16(14)25/h2-9H,10H2,1H3,(H,24,26). The molecule has 0 fully saturated rings. The summed E-state index contributed by atoms with van der Waals surface area (Å²) in [5, 5.41) is 2.82. The zero-order valence-corrected chi connectivity index (χ0v) is 15.7. The number of hydrogen-bond donors (Lipinski definition) is 1. The van der Waals surface area contributed by atoms with Crippen LogP contribution in [0.3, 0.4) is 0 Å². The molecule has 0 saturated carbocycles. The number of nitrogens with one attached hydrogen (secondary N) is 1. The topological polar surface area (TPSA) is 51.1 Å². The first kappa shape index (κ1) is 19.2. The fraction of sp³-hybridized carbons (Fsp3) is 0.158. The van der Waals surface area contributed by atoms with Gasteiger partial charge >= 0.3 is 6.18 Å². The highest BCUT2D eigenvalue weighted by Crippen LogP contribution is 2.30. The number of halogens is 4. The first-order chi connectivity index (χ1) is 12.6. The lowest BCUT2D eigenvalue weighted by Crippen LogP contribution is -2.22. The maximum Gasteiger partial charge on any atom is 0.454 e. The minimum Gasteiger partial charge on any atom is -0.337 e. The lowest BCUT2D eigenvalue weighted by molar-refractivity contribution is -0.116. The maximum atomic E-state index is 12.9. The van der Waals surface area contributed by atoms with Gasteiger partial charge in [0.05, 0.1) is 5.56 Å². The van der Waals surface area contributed by atoms with E-state index in [1.165, 1.54) is 10.6 Å². The fourth-order valence-electron chi connectivity index (χ4n) is 2.73. The number of fused-ring (bicyclic) bond motifs is 1. The Labute approximate surface area is 161 Å². The molecule has 0 aliphatic rings. The third-order valence-electron chi connectivity index (χ3n) is 3.99. The first-order valence-corrected chi connectivity index (χ1v) is 8.71. The van der Waals surface area contributed by atoms with E-state index in [-0.39, 0.29) is 11.9 Å². The van der Waals surface area contributed by atoms with Gasteiger partial charge in [-0.1, -0.05) is 33.6 Å². The molecule has 1 heterocycles. The predicted octanol–water partition coefficient (Wildman–Crippen LogP) is 5.10. The van der Waals surface area contributed by atoms with Crippen LogP contribution >= 0.6 is 15.9 Å². The van der Waals surface area contributed by atoms with Crippen LogP contribution in [0.15, 0.2) is 53.1 Å². The van der Waals surface area contributed by atoms with Crippen LogP contribution in [-0.2, 0) is 11.3 Å². The number of alkyl halides is 3. The number of nitrogens with zero attached hydrogens (tertiary/aromatic N) is 1. The van der Waals surface area contributed by atoms with Gasteiger partial charge in [-0.05, 0) is 37.3 Å². The van der Waals surface area contributed by atoms with Crippen molar-refractivity contribution in [2.24, 2.45) is 0 Å². The highest BCUT2D eigenvalue weighted by atomic mass is 79.9. The van der Waals surface area contributed by atoms with Crippen molar-refractivity contribution in [1.29, 1.82) is 0 Å². The summed E-state index contributed by atoms with van der Waals surface area (Å²) in [5.41, 5.74) is 1.49. The summed E-state index contributed by atoms with van der Waals surface area (Å²) in [6.45, 7) is 1.69. The Balaban J connectivity index is 1.93. The largest absolute Gasteiger partial charge is 0.454 e. The maximum absolute atomic E-state index is 12.9. The zero-order chi connectivity index (χ0) is 19.8. The summed E-state index contributed by atoms with van der Waals surface area (Å²) < 4.78 is 40.6. The lowest BCUT2D eigenvalue weighted by atomic mass is 10.1. The van der Waals surface area contributed by atoms with E-state index in [0.717, 1.165) is 11.8 Å². The van der Waals surface area contributed by atoms with E-state index in [4.69, 9.17) is 0 Å². The molecule has 0 aliphatic heterocycles. The van der Waals surface area contributed by atoms with Gasteiger partial charge in [-0.15, -0.1) is 0 Å². The van der Waals surface area contributed by atoms with Crippen LogP contribution in [0.2, 0.25) is 0 Å². The van der Waals surface area contributed by atoms with Crippen molar-refractivity contribution in [2.45, 2.75) is 19.6 Å². The van der Waals surface area contributed by atoms with E-state index in [2.05, 4.69) is 21.2 Å². The number of Topliss-reactive ketones (excluding diaryl/α,β-unsaturated/α-hetero) is 1. The number of anilines is 1. The quantitative estimate of drug-likeness (QED) is 0.576. The van der Waals surface area contributed by atoms with E-state index >= 15 is 0 Å². The van der Waals surface area contributed by atoms with Crippen molar-refractivity contribution in [1.82, 2.24) is 4.57 Å². The molecule has 1 aromatic heterocycles. The molecule has 27 heavy (non-hydrogen) atoms. The molecule has 1 N–H and O–H groups in total. The number of hydrogen-bond acceptors (Lipinski definition) is 2. The van der Waals surface area contributed by atoms with Crippen LogP contribution in [0, 0.1) is 6.92 Å². The van der Waals surface area contributed by atoms with E-state index < -0.39 is 23.4 Å². The van der Waals surface area contributed by atoms with Crippen LogP contribution < -0.4 is 5.32 Å². The molecule has 4 nitrogen and oxygen atoms in total. The summed E-state index contributed by atoms with van der Waals surface area (Å²) in [5.74, 6) is -2.35. The second-order valence-electron chi connectivity index (χ2n) is 6.07. The number of carbonyl (C=O) groups excluding carboxylic acids is 2. The average Bonchev–Trinajstić information content (AvgIpc) is 2.92. The van der Waals surface area contributed by atoms with Gasteiger partial charge in [0.2, 0.25) is 5.91 Å². The molecule has 140 valence electrons. The van der Waals surface area contributed by atoms with E-state index in [0.29, 0.717) is 15.7 Å². The van der Waals surface area contributed by atoms with E-state index in [1.54, 1.807) is 24.3 Å². The van der Waals surface area contributed by atoms with Gasteiger partial charge in [0.15, 0.2) is 0 Å². The Bertz CT molecular complexity index is 1020. The molecule has 0 atom stereocenters. The zero-order valence-electron chi connectivity index (χ0n) is 14.1. The summed E-state index contributed by atoms with van der Waals surface area (Å²) in [6, 6.07) is 11.8. The van der Waals surface area contributed by atoms with Gasteiger partial charge in [-0.3, -0.25) is 9.59 Å². The molecule has 8 heteroatoms. The smallest absolute Gasteiger partial charge is 0.337 e. The summed E-state index contributed by atoms with van der Waals surface area (Å²) in [7, 11) is 0. The van der Waals surface area contributed by atoms with E-state index in [1.807, 2.05) is 19.1 Å². The minimum atomic E-state index is -4.99. The molecule has 1 amide bonds. The number of rotatable bonds is 4. The Morgan fingerprint density at radius 1 is 1.11 bits per heavy atom. The molecule has 0 radical (unpaired) electrons. The van der Waals surface area contributed by atoms with Crippen LogP contribution in [0.25, 0.3) is 10.9 Å². The third-order valence-corrected chi connectivity index (χ3v) is 4.49. The number of aryl methyl sites for hydroxylation is 1. The van der Waals surface area contributed by atoms with Crippen LogP contribution in [-0.4, -0.2) is 22.4 Å². The van der Waals surface area contributed by atoms with E-state index in [9.17, 15) is 22.8 Å². The lowest BCUT2D eigenvalue weighted by Gasteiger charge is -2.08. The van der Waals surface area contributed by atoms with Crippen LogP contribution in [0.1, 0.15) is 15.9 Å². The Kier molecular flexibility index (Phi) is 5.10. The number of aromatic nitrogens is 1. The monoisotopic (exact) mass is 438 g/mol. The molecule has 3 aromatic rings. The molecule has 2 aromatic carbocycles. The van der Waals surface area contributed by atoms with Gasteiger partial charge < -0.3 is 9.88 Å². The van der Waals surface area contributed by atoms with Crippen molar-refractivity contribution >= 4 is 44.2 Å². The molecule has 3 rings (SSSR count). The summed E-state index contributed by atoms with van der Waals surface area (Å²) in [6.07, 6.45) is -3.92. The Morgan fingerprint density at radius 3 is 2.41 bits per heavy atom. The molecule has 0 aliphatic carbocycles. The highest BCUT2D eigenvalue weighted by molar-refractivity contribution is 9.10. The predicted molar refractivity (Wildman–Crippen MR) is 99.8 cm³/mol. The van der Waals surface area contributed by atoms with Crippen molar-refractivity contribution in [3.63, 3.8) is 0 Å². The number of amides is 1. The number of carbonyl (C=O) groups is 2. The summed E-state index contributed by atoms with van der Waals surface area (Å²) >= 11 is 3.20. The molecule has 0 unspecified atom stereocenters. The molecular weight excluding hydrogens is 425 g/mol. The normalized spacial score (nSPS) is 11.6. The third kappa shape index (κ3) is 4.21. The second-order valence-corrected chi connectivity index (χ2v) is 6.99. The summed E-state index contributed by atoms with van der Waals surface area (Å²) in [4.78, 5) is 24.1. The number of ketones is 1. The second kappa shape index (κ2) is 7.19. The molecular formula is C19H14BrF3N2O2. The first-order valence-electron chi connectivity index (χ1n) is 7.91. The van der Waals surface area contributed by atoms with Crippen molar-refractivity contribution in [3.05, 3.63) is 64.3 Å². The molecule has 0 spiro atoms. The van der Waals surface area contributed by atoms with Gasteiger partial charge in [0.1, 0.15) is 6.54 Å². The Morgan fingerprint density at radius 2 is 1.78 bits per heavy atom.